The largest absolute Gasteiger partial charge is 0.488 e. The molecule has 128 valence electrons. The van der Waals surface area contributed by atoms with Gasteiger partial charge in [0.2, 0.25) is 0 Å². The third kappa shape index (κ3) is 3.57. The molecule has 0 amide bonds. The lowest BCUT2D eigenvalue weighted by Gasteiger charge is -2.16. The molecule has 0 aliphatic rings. The summed E-state index contributed by atoms with van der Waals surface area (Å²) in [6, 6.07) is 24.4. The Hall–Kier alpha value is -3.58. The number of methoxy groups -OCH3 is 1. The summed E-state index contributed by atoms with van der Waals surface area (Å²) in [4.78, 5) is 12.5. The summed E-state index contributed by atoms with van der Waals surface area (Å²) in [5.74, 6) is -0.150. The van der Waals surface area contributed by atoms with E-state index in [4.69, 9.17) is 9.47 Å². The van der Waals surface area contributed by atoms with Crippen molar-refractivity contribution in [1.29, 1.82) is 5.26 Å². The first-order valence-corrected chi connectivity index (χ1v) is 8.12. The minimum Gasteiger partial charge on any atom is -0.488 e. The molecular weight excluding hydrogens is 326 g/mol. The number of nitrogens with zero attached hydrogens (tertiary/aromatic N) is 1. The maximum Gasteiger partial charge on any atom is 0.342 e. The first-order chi connectivity index (χ1) is 12.7. The van der Waals surface area contributed by atoms with Crippen LogP contribution in [0.25, 0.3) is 11.1 Å². The van der Waals surface area contributed by atoms with Crippen LogP contribution in [0.3, 0.4) is 0 Å². The van der Waals surface area contributed by atoms with Crippen LogP contribution in [0.15, 0.2) is 72.8 Å². The predicted molar refractivity (Wildman–Crippen MR) is 98.7 cm³/mol. The summed E-state index contributed by atoms with van der Waals surface area (Å²) in [6.45, 7) is 0.310. The second-order valence-electron chi connectivity index (χ2n) is 5.60. The van der Waals surface area contributed by atoms with Gasteiger partial charge in [-0.3, -0.25) is 0 Å². The van der Waals surface area contributed by atoms with E-state index in [1.807, 2.05) is 60.7 Å². The summed E-state index contributed by atoms with van der Waals surface area (Å²) in [6.07, 6.45) is 0. The average Bonchev–Trinajstić information content (AvgIpc) is 2.72. The molecule has 4 heteroatoms. The number of ether oxygens (including phenoxy) is 2. The van der Waals surface area contributed by atoms with E-state index in [1.165, 1.54) is 7.11 Å². The van der Waals surface area contributed by atoms with Gasteiger partial charge in [-0.05, 0) is 23.3 Å². The minimum atomic E-state index is -0.538. The van der Waals surface area contributed by atoms with Crippen molar-refractivity contribution in [2.24, 2.45) is 0 Å². The molecule has 3 aromatic rings. The average molecular weight is 343 g/mol. The fourth-order valence-corrected chi connectivity index (χ4v) is 2.74. The molecule has 0 spiro atoms. The molecule has 0 unspecified atom stereocenters. The van der Waals surface area contributed by atoms with E-state index < -0.39 is 5.97 Å². The number of hydrogen-bond donors (Lipinski definition) is 0. The van der Waals surface area contributed by atoms with E-state index in [9.17, 15) is 10.1 Å². The fourth-order valence-electron chi connectivity index (χ4n) is 2.74. The van der Waals surface area contributed by atoms with Gasteiger partial charge in [0.05, 0.1) is 18.7 Å². The minimum absolute atomic E-state index is 0.258. The Balaban J connectivity index is 2.10. The zero-order valence-electron chi connectivity index (χ0n) is 14.3. The van der Waals surface area contributed by atoms with Crippen LogP contribution in [-0.4, -0.2) is 13.1 Å². The van der Waals surface area contributed by atoms with Crippen LogP contribution in [0.1, 0.15) is 21.5 Å². The van der Waals surface area contributed by atoms with Gasteiger partial charge in [0, 0.05) is 5.56 Å². The van der Waals surface area contributed by atoms with Crippen LogP contribution in [0.4, 0.5) is 0 Å². The normalized spacial score (nSPS) is 10.0. The molecule has 0 fully saturated rings. The van der Waals surface area contributed by atoms with Crippen molar-refractivity contribution in [2.45, 2.75) is 6.61 Å². The van der Waals surface area contributed by atoms with E-state index in [0.717, 1.165) is 11.1 Å². The second-order valence-corrected chi connectivity index (χ2v) is 5.60. The highest BCUT2D eigenvalue weighted by molar-refractivity contribution is 6.01. The number of nitriles is 1. The molecule has 0 heterocycles. The lowest BCUT2D eigenvalue weighted by atomic mass is 9.94. The molecule has 0 atom stereocenters. The lowest BCUT2D eigenvalue weighted by molar-refractivity contribution is 0.0596. The molecular formula is C22H17NO3. The topological polar surface area (TPSA) is 59.3 Å². The van der Waals surface area contributed by atoms with Gasteiger partial charge < -0.3 is 9.47 Å². The third-order valence-corrected chi connectivity index (χ3v) is 3.98. The maximum atomic E-state index is 12.5. The summed E-state index contributed by atoms with van der Waals surface area (Å²) in [5.41, 5.74) is 2.91. The third-order valence-electron chi connectivity index (χ3n) is 3.98. The Morgan fingerprint density at radius 2 is 1.62 bits per heavy atom. The molecule has 3 aromatic carbocycles. The molecule has 0 aliphatic carbocycles. The molecule has 0 radical (unpaired) electrons. The zero-order chi connectivity index (χ0) is 18.4. The fraction of sp³-hybridized carbons (Fsp3) is 0.0909. The zero-order valence-corrected chi connectivity index (χ0v) is 14.3. The summed E-state index contributed by atoms with van der Waals surface area (Å²) in [5, 5.41) is 9.51. The number of benzene rings is 3. The van der Waals surface area contributed by atoms with Crippen molar-refractivity contribution in [2.75, 3.05) is 7.11 Å². The van der Waals surface area contributed by atoms with Crippen molar-refractivity contribution in [1.82, 2.24) is 0 Å². The number of carbonyl (C=O) groups is 1. The number of carbonyl (C=O) groups excluding carboxylic acids is 1. The molecule has 4 nitrogen and oxygen atoms in total. The van der Waals surface area contributed by atoms with E-state index in [1.54, 1.807) is 12.1 Å². The molecule has 0 N–H and O–H groups in total. The van der Waals surface area contributed by atoms with Crippen molar-refractivity contribution in [3.8, 4) is 22.9 Å². The number of esters is 1. The maximum absolute atomic E-state index is 12.5. The molecule has 26 heavy (non-hydrogen) atoms. The van der Waals surface area contributed by atoms with Gasteiger partial charge >= 0.3 is 5.97 Å². The highest BCUT2D eigenvalue weighted by Gasteiger charge is 2.23. The van der Waals surface area contributed by atoms with Crippen LogP contribution in [0.2, 0.25) is 0 Å². The number of hydrogen-bond acceptors (Lipinski definition) is 4. The van der Waals surface area contributed by atoms with E-state index in [-0.39, 0.29) is 5.56 Å². The van der Waals surface area contributed by atoms with Gasteiger partial charge in [-0.1, -0.05) is 60.7 Å². The Morgan fingerprint density at radius 3 is 2.23 bits per heavy atom. The Bertz CT molecular complexity index is 944. The monoisotopic (exact) mass is 343 g/mol. The molecule has 0 aliphatic heterocycles. The second kappa shape index (κ2) is 8.00. The van der Waals surface area contributed by atoms with Gasteiger partial charge in [-0.2, -0.15) is 5.26 Å². The Kier molecular flexibility index (Phi) is 5.31. The van der Waals surface area contributed by atoms with Crippen LogP contribution >= 0.6 is 0 Å². The summed E-state index contributed by atoms with van der Waals surface area (Å²) < 4.78 is 10.9. The van der Waals surface area contributed by atoms with Gasteiger partial charge in [-0.15, -0.1) is 0 Å². The van der Waals surface area contributed by atoms with Crippen molar-refractivity contribution in [3.63, 3.8) is 0 Å². The quantitative estimate of drug-likeness (QED) is 0.636. The van der Waals surface area contributed by atoms with Crippen LogP contribution in [0.5, 0.6) is 5.75 Å². The van der Waals surface area contributed by atoms with E-state index >= 15 is 0 Å². The smallest absolute Gasteiger partial charge is 0.342 e. The first-order valence-electron chi connectivity index (χ1n) is 8.12. The lowest BCUT2D eigenvalue weighted by Crippen LogP contribution is -2.09. The Morgan fingerprint density at radius 1 is 0.962 bits per heavy atom. The van der Waals surface area contributed by atoms with Crippen LogP contribution in [0, 0.1) is 11.3 Å². The molecule has 0 saturated carbocycles. The van der Waals surface area contributed by atoms with E-state index in [2.05, 4.69) is 6.07 Å². The molecule has 0 saturated heterocycles. The first kappa shape index (κ1) is 17.2. The highest BCUT2D eigenvalue weighted by Crippen LogP contribution is 2.35. The van der Waals surface area contributed by atoms with Crippen LogP contribution in [-0.2, 0) is 11.3 Å². The van der Waals surface area contributed by atoms with Gasteiger partial charge in [-0.25, -0.2) is 4.79 Å². The van der Waals surface area contributed by atoms with Crippen LogP contribution < -0.4 is 4.74 Å². The Labute approximate surface area is 152 Å². The van der Waals surface area contributed by atoms with Gasteiger partial charge in [0.1, 0.15) is 17.9 Å². The molecule has 0 aromatic heterocycles. The van der Waals surface area contributed by atoms with Crippen molar-refractivity contribution < 1.29 is 14.3 Å². The predicted octanol–water partition coefficient (Wildman–Crippen LogP) is 4.59. The molecule has 0 bridgehead atoms. The van der Waals surface area contributed by atoms with Gasteiger partial charge in [0.15, 0.2) is 0 Å². The molecule has 3 rings (SSSR count). The van der Waals surface area contributed by atoms with Gasteiger partial charge in [0.25, 0.3) is 0 Å². The standard InChI is InChI=1S/C22H17NO3/c1-25-22(24)21-19(26-15-16-8-4-2-5-9-16)13-12-18(14-23)20(21)17-10-6-3-7-11-17/h2-13H,15H2,1H3. The summed E-state index contributed by atoms with van der Waals surface area (Å²) in [7, 11) is 1.32. The van der Waals surface area contributed by atoms with Crippen molar-refractivity contribution >= 4 is 5.97 Å². The SMILES string of the molecule is COC(=O)c1c(OCc2ccccc2)ccc(C#N)c1-c1ccccc1. The summed E-state index contributed by atoms with van der Waals surface area (Å²) >= 11 is 0. The number of rotatable bonds is 5. The van der Waals surface area contributed by atoms with Crippen molar-refractivity contribution in [3.05, 3.63) is 89.5 Å². The highest BCUT2D eigenvalue weighted by atomic mass is 16.5. The van der Waals surface area contributed by atoms with E-state index in [0.29, 0.717) is 23.5 Å².